The second-order valence-electron chi connectivity index (χ2n) is 9.97. The van der Waals surface area contributed by atoms with Crippen molar-refractivity contribution in [1.82, 2.24) is 10.4 Å². The molecule has 1 atom stereocenters. The molecule has 0 fully saturated rings. The van der Waals surface area contributed by atoms with E-state index in [2.05, 4.69) is 15.0 Å². The van der Waals surface area contributed by atoms with Crippen LogP contribution in [0.1, 0.15) is 55.2 Å². The standard InChI is InChI=1S/C26H31F6N5O7/c1-4-43-22(39)24(26(30,31)32,44-14-16-9-6-5-7-10-16)11-8-12-42-15-23(2,3)35-20-17(25(27,28)29)13-18(37(40)41)19(34-20)21(38)36-33/h5-7,9-10,13H,4,8,11-12,14-15,33H2,1-3H3,(H,34,35)(H,36,38). The highest BCUT2D eigenvalue weighted by Gasteiger charge is 2.62. The first-order chi connectivity index (χ1) is 20.4. The molecular formula is C26H31F6N5O7. The van der Waals surface area contributed by atoms with Crippen molar-refractivity contribution >= 4 is 23.4 Å². The molecule has 0 radical (unpaired) electrons. The molecule has 0 aliphatic carbocycles. The minimum atomic E-state index is -5.17. The van der Waals surface area contributed by atoms with Gasteiger partial charge in [0.1, 0.15) is 11.4 Å². The average Bonchev–Trinajstić information content (AvgIpc) is 2.92. The largest absolute Gasteiger partial charge is 0.464 e. The fourth-order valence-corrected chi connectivity index (χ4v) is 3.90. The normalized spacial score (nSPS) is 13.6. The lowest BCUT2D eigenvalue weighted by atomic mass is 9.96. The molecule has 0 bridgehead atoms. The van der Waals surface area contributed by atoms with E-state index >= 15 is 0 Å². The summed E-state index contributed by atoms with van der Waals surface area (Å²) in [4.78, 5) is 38.0. The Morgan fingerprint density at radius 2 is 1.73 bits per heavy atom. The van der Waals surface area contributed by atoms with Gasteiger partial charge in [0.15, 0.2) is 0 Å². The summed E-state index contributed by atoms with van der Waals surface area (Å²) in [7, 11) is 0. The molecule has 2 aromatic rings. The molecule has 1 unspecified atom stereocenters. The van der Waals surface area contributed by atoms with Gasteiger partial charge in [0.25, 0.3) is 11.5 Å². The Morgan fingerprint density at radius 1 is 1.09 bits per heavy atom. The van der Waals surface area contributed by atoms with Crippen LogP contribution in [0.5, 0.6) is 0 Å². The molecule has 18 heteroatoms. The predicted octanol–water partition coefficient (Wildman–Crippen LogP) is 4.68. The van der Waals surface area contributed by atoms with Crippen molar-refractivity contribution < 1.29 is 55.1 Å². The molecule has 2 rings (SSSR count). The number of benzene rings is 1. The molecule has 12 nitrogen and oxygen atoms in total. The summed E-state index contributed by atoms with van der Waals surface area (Å²) >= 11 is 0. The van der Waals surface area contributed by atoms with Crippen LogP contribution in [0.25, 0.3) is 0 Å². The molecule has 44 heavy (non-hydrogen) atoms. The van der Waals surface area contributed by atoms with Crippen LogP contribution in [0.2, 0.25) is 0 Å². The van der Waals surface area contributed by atoms with Crippen molar-refractivity contribution in [2.24, 2.45) is 5.84 Å². The highest BCUT2D eigenvalue weighted by molar-refractivity contribution is 5.96. The van der Waals surface area contributed by atoms with Crippen LogP contribution in [-0.2, 0) is 31.8 Å². The number of hydrazine groups is 1. The number of hydrogen-bond donors (Lipinski definition) is 3. The van der Waals surface area contributed by atoms with Crippen LogP contribution in [0.4, 0.5) is 37.8 Å². The van der Waals surface area contributed by atoms with Gasteiger partial charge in [-0.1, -0.05) is 30.3 Å². The number of nitrogen functional groups attached to an aromatic ring is 1. The van der Waals surface area contributed by atoms with Crippen molar-refractivity contribution in [1.29, 1.82) is 0 Å². The molecule has 1 aromatic carbocycles. The molecule has 0 saturated carbocycles. The predicted molar refractivity (Wildman–Crippen MR) is 142 cm³/mol. The van der Waals surface area contributed by atoms with Crippen molar-refractivity contribution in [2.75, 3.05) is 25.1 Å². The van der Waals surface area contributed by atoms with Crippen LogP contribution in [0.3, 0.4) is 0 Å². The van der Waals surface area contributed by atoms with Crippen molar-refractivity contribution in [3.63, 3.8) is 0 Å². The number of halogens is 6. The number of hydrogen-bond acceptors (Lipinski definition) is 10. The number of anilines is 1. The zero-order valence-corrected chi connectivity index (χ0v) is 23.8. The van der Waals surface area contributed by atoms with Gasteiger partial charge >= 0.3 is 24.0 Å². The Morgan fingerprint density at radius 3 is 2.25 bits per heavy atom. The summed E-state index contributed by atoms with van der Waals surface area (Å²) in [5.41, 5.74) is -6.60. The number of nitrogens with two attached hydrogens (primary N) is 1. The molecule has 244 valence electrons. The van der Waals surface area contributed by atoms with Crippen molar-refractivity contribution in [3.05, 3.63) is 63.3 Å². The highest BCUT2D eigenvalue weighted by Crippen LogP contribution is 2.40. The van der Waals surface area contributed by atoms with E-state index < -0.39 is 89.3 Å². The molecule has 1 heterocycles. The second kappa shape index (κ2) is 14.6. The van der Waals surface area contributed by atoms with Crippen LogP contribution in [0, 0.1) is 10.1 Å². The number of nitrogens with zero attached hydrogens (tertiary/aromatic N) is 2. The van der Waals surface area contributed by atoms with Crippen LogP contribution >= 0.6 is 0 Å². The average molecular weight is 640 g/mol. The van der Waals surface area contributed by atoms with Gasteiger partial charge in [-0.25, -0.2) is 15.6 Å². The smallest absolute Gasteiger partial charge is 0.428 e. The van der Waals surface area contributed by atoms with Crippen molar-refractivity contribution in [2.45, 2.75) is 63.7 Å². The molecule has 1 aromatic heterocycles. The van der Waals surface area contributed by atoms with E-state index in [0.717, 1.165) is 0 Å². The molecule has 1 amide bonds. The zero-order chi connectivity index (χ0) is 33.3. The minimum absolute atomic E-state index is 0.123. The number of alkyl halides is 6. The number of amides is 1. The first-order valence-electron chi connectivity index (χ1n) is 12.9. The second-order valence-corrected chi connectivity index (χ2v) is 9.97. The molecule has 0 aliphatic rings. The number of aromatic nitrogens is 1. The van der Waals surface area contributed by atoms with Gasteiger partial charge in [0.2, 0.25) is 5.69 Å². The van der Waals surface area contributed by atoms with E-state index in [4.69, 9.17) is 15.3 Å². The molecule has 0 aliphatic heterocycles. The number of rotatable bonds is 15. The molecule has 0 spiro atoms. The van der Waals surface area contributed by atoms with Gasteiger partial charge < -0.3 is 19.5 Å². The lowest BCUT2D eigenvalue weighted by molar-refractivity contribution is -0.385. The maximum Gasteiger partial charge on any atom is 0.428 e. The summed E-state index contributed by atoms with van der Waals surface area (Å²) in [6.07, 6.45) is -11.6. The fraction of sp³-hybridized carbons (Fsp3) is 0.500. The molecule has 4 N–H and O–H groups in total. The minimum Gasteiger partial charge on any atom is -0.464 e. The number of esters is 1. The first-order valence-corrected chi connectivity index (χ1v) is 12.9. The first kappa shape index (κ1) is 36.2. The quantitative estimate of drug-likeness (QED) is 0.0473. The van der Waals surface area contributed by atoms with Gasteiger partial charge in [0, 0.05) is 12.7 Å². The third-order valence-corrected chi connectivity index (χ3v) is 5.98. The summed E-state index contributed by atoms with van der Waals surface area (Å²) in [5.74, 6) is 1.06. The van der Waals surface area contributed by atoms with Gasteiger partial charge in [-0.05, 0) is 39.2 Å². The van der Waals surface area contributed by atoms with E-state index in [1.807, 2.05) is 0 Å². The van der Waals surface area contributed by atoms with Gasteiger partial charge in [0.05, 0.1) is 30.3 Å². The summed E-state index contributed by atoms with van der Waals surface area (Å²) in [6, 6.07) is 7.97. The van der Waals surface area contributed by atoms with Gasteiger partial charge in [-0.2, -0.15) is 26.3 Å². The van der Waals surface area contributed by atoms with E-state index in [0.29, 0.717) is 5.56 Å². The van der Waals surface area contributed by atoms with Crippen LogP contribution < -0.4 is 16.6 Å². The van der Waals surface area contributed by atoms with E-state index in [1.165, 1.54) is 32.9 Å². The summed E-state index contributed by atoms with van der Waals surface area (Å²) < 4.78 is 99.3. The fourth-order valence-electron chi connectivity index (χ4n) is 3.90. The molecule has 0 saturated heterocycles. The molecular weight excluding hydrogens is 608 g/mol. The zero-order valence-electron chi connectivity index (χ0n) is 23.8. The third kappa shape index (κ3) is 9.23. The van der Waals surface area contributed by atoms with Gasteiger partial charge in [-0.15, -0.1) is 0 Å². The summed E-state index contributed by atoms with van der Waals surface area (Å²) in [6.45, 7) is 2.34. The Bertz CT molecular complexity index is 1310. The maximum absolute atomic E-state index is 14.3. The Hall–Kier alpha value is -4.03. The number of carbonyl (C=O) groups is 2. The van der Waals surface area contributed by atoms with E-state index in [1.54, 1.807) is 23.6 Å². The lowest BCUT2D eigenvalue weighted by Crippen LogP contribution is -2.55. The highest BCUT2D eigenvalue weighted by atomic mass is 19.4. The van der Waals surface area contributed by atoms with Crippen LogP contribution in [0.15, 0.2) is 36.4 Å². The SMILES string of the molecule is CCOC(=O)C(CCCOCC(C)(C)Nc1nc(C(=O)NN)c([N+](=O)[O-])cc1C(F)(F)F)(OCc1ccccc1)C(F)(F)F. The van der Waals surface area contributed by atoms with E-state index in [-0.39, 0.29) is 19.1 Å². The third-order valence-electron chi connectivity index (χ3n) is 5.98. The lowest BCUT2D eigenvalue weighted by Gasteiger charge is -2.33. The number of ether oxygens (including phenoxy) is 3. The van der Waals surface area contributed by atoms with Crippen molar-refractivity contribution in [3.8, 4) is 0 Å². The topological polar surface area (TPSA) is 168 Å². The Balaban J connectivity index is 2.20. The Kier molecular flexibility index (Phi) is 12.0. The Labute approximate surface area is 247 Å². The number of nitrogens with one attached hydrogen (secondary N) is 2. The number of carbonyl (C=O) groups excluding carboxylic acids is 2. The monoisotopic (exact) mass is 639 g/mol. The van der Waals surface area contributed by atoms with Crippen LogP contribution in [-0.4, -0.2) is 58.9 Å². The number of pyridine rings is 1. The van der Waals surface area contributed by atoms with Gasteiger partial charge in [-0.3, -0.25) is 20.3 Å². The van der Waals surface area contributed by atoms with E-state index in [9.17, 15) is 46.0 Å². The summed E-state index contributed by atoms with van der Waals surface area (Å²) in [5, 5.41) is 13.7. The maximum atomic E-state index is 14.3. The number of nitro groups is 1.